The number of aliphatic hydroxyl groups is 1. The Kier molecular flexibility index (Phi) is 7.26. The van der Waals surface area contributed by atoms with Crippen LogP contribution in [-0.2, 0) is 6.42 Å². The molecule has 1 aliphatic rings. The molecule has 1 aromatic carbocycles. The minimum atomic E-state index is -0.382. The quantitative estimate of drug-likeness (QED) is 0.660. The lowest BCUT2D eigenvalue weighted by Gasteiger charge is -2.19. The summed E-state index contributed by atoms with van der Waals surface area (Å²) in [5, 5.41) is 9.81. The van der Waals surface area contributed by atoms with E-state index in [-0.39, 0.29) is 12.1 Å². The van der Waals surface area contributed by atoms with Crippen LogP contribution in [0.1, 0.15) is 68.2 Å². The molecule has 2 nitrogen and oxygen atoms in total. The molecule has 1 aliphatic heterocycles. The molecule has 2 atom stereocenters. The summed E-state index contributed by atoms with van der Waals surface area (Å²) in [5.74, 6) is 0.855. The molecule has 0 spiro atoms. The van der Waals surface area contributed by atoms with E-state index < -0.39 is 0 Å². The fourth-order valence-corrected chi connectivity index (χ4v) is 4.63. The van der Waals surface area contributed by atoms with Crippen LogP contribution >= 0.6 is 11.8 Å². The Morgan fingerprint density at radius 3 is 2.45 bits per heavy atom. The number of rotatable bonds is 9. The Labute approximate surface area is 139 Å². The van der Waals surface area contributed by atoms with E-state index in [1.165, 1.54) is 56.1 Å². The van der Waals surface area contributed by atoms with Crippen LogP contribution in [0.25, 0.3) is 0 Å². The third kappa shape index (κ3) is 5.29. The molecule has 1 heterocycles. The van der Waals surface area contributed by atoms with Crippen molar-refractivity contribution in [3.63, 3.8) is 0 Å². The summed E-state index contributed by atoms with van der Waals surface area (Å²) in [5.41, 5.74) is 8.58. The first kappa shape index (κ1) is 17.8. The number of benzene rings is 1. The van der Waals surface area contributed by atoms with Crippen LogP contribution in [0, 0.1) is 0 Å². The summed E-state index contributed by atoms with van der Waals surface area (Å²) in [6.45, 7) is 2.35. The molecule has 22 heavy (non-hydrogen) atoms. The highest BCUT2D eigenvalue weighted by atomic mass is 32.2. The predicted molar refractivity (Wildman–Crippen MR) is 97.3 cm³/mol. The maximum absolute atomic E-state index is 9.37. The van der Waals surface area contributed by atoms with E-state index in [1.807, 2.05) is 11.8 Å². The van der Waals surface area contributed by atoms with Gasteiger partial charge in [0.2, 0.25) is 0 Å². The Balaban J connectivity index is 1.74. The molecule has 2 unspecified atom stereocenters. The van der Waals surface area contributed by atoms with Gasteiger partial charge in [0, 0.05) is 16.5 Å². The topological polar surface area (TPSA) is 46.2 Å². The zero-order valence-electron chi connectivity index (χ0n) is 13.9. The summed E-state index contributed by atoms with van der Waals surface area (Å²) in [6.07, 6.45) is 10.2. The molecule has 0 bridgehead atoms. The summed E-state index contributed by atoms with van der Waals surface area (Å²) in [6, 6.07) is 9.06. The van der Waals surface area contributed by atoms with Crippen LogP contribution in [0.15, 0.2) is 24.3 Å². The van der Waals surface area contributed by atoms with Crippen LogP contribution in [0.3, 0.4) is 0 Å². The highest BCUT2D eigenvalue weighted by molar-refractivity contribution is 7.99. The second kappa shape index (κ2) is 8.95. The van der Waals surface area contributed by atoms with Crippen molar-refractivity contribution >= 4 is 11.8 Å². The van der Waals surface area contributed by atoms with Crippen molar-refractivity contribution in [2.75, 3.05) is 12.4 Å². The third-order valence-corrected chi connectivity index (χ3v) is 6.23. The van der Waals surface area contributed by atoms with Crippen molar-refractivity contribution in [2.45, 2.75) is 69.1 Å². The number of unbranched alkanes of at least 4 members (excludes halogenated alkanes) is 5. The first-order chi connectivity index (χ1) is 10.7. The van der Waals surface area contributed by atoms with Gasteiger partial charge < -0.3 is 10.8 Å². The maximum atomic E-state index is 9.37. The van der Waals surface area contributed by atoms with Gasteiger partial charge in [-0.1, -0.05) is 63.3 Å². The second-order valence-electron chi connectivity index (χ2n) is 6.78. The van der Waals surface area contributed by atoms with E-state index in [4.69, 9.17) is 5.73 Å². The number of hydrogen-bond donors (Lipinski definition) is 2. The minimum absolute atomic E-state index is 0.0899. The Hall–Kier alpha value is -0.510. The van der Waals surface area contributed by atoms with Gasteiger partial charge in [0.25, 0.3) is 0 Å². The zero-order valence-corrected chi connectivity index (χ0v) is 14.7. The van der Waals surface area contributed by atoms with E-state index in [0.717, 1.165) is 12.2 Å². The van der Waals surface area contributed by atoms with E-state index in [1.54, 1.807) is 0 Å². The third-order valence-electron chi connectivity index (χ3n) is 4.65. The van der Waals surface area contributed by atoms with Gasteiger partial charge in [-0.15, -0.1) is 0 Å². The molecule has 3 heteroatoms. The van der Waals surface area contributed by atoms with E-state index >= 15 is 0 Å². The van der Waals surface area contributed by atoms with Crippen LogP contribution in [0.4, 0.5) is 0 Å². The van der Waals surface area contributed by atoms with Crippen molar-refractivity contribution in [3.8, 4) is 0 Å². The number of aryl methyl sites for hydroxylation is 1. The normalized spacial score (nSPS) is 24.8. The lowest BCUT2D eigenvalue weighted by atomic mass is 9.94. The fourth-order valence-electron chi connectivity index (χ4n) is 3.09. The molecule has 0 radical (unpaired) electrons. The van der Waals surface area contributed by atoms with Gasteiger partial charge >= 0.3 is 0 Å². The molecule has 1 fully saturated rings. The highest BCUT2D eigenvalue weighted by Gasteiger charge is 2.36. The summed E-state index contributed by atoms with van der Waals surface area (Å²) >= 11 is 1.88. The molecular formula is C19H31NOS. The van der Waals surface area contributed by atoms with Crippen molar-refractivity contribution in [3.05, 3.63) is 35.4 Å². The van der Waals surface area contributed by atoms with Crippen LogP contribution in [0.2, 0.25) is 0 Å². The number of aliphatic hydroxyl groups excluding tert-OH is 1. The van der Waals surface area contributed by atoms with Crippen LogP contribution in [0.5, 0.6) is 0 Å². The number of hydrogen-bond acceptors (Lipinski definition) is 3. The molecule has 1 aromatic rings. The van der Waals surface area contributed by atoms with Gasteiger partial charge in [0.15, 0.2) is 0 Å². The molecule has 2 rings (SSSR count). The summed E-state index contributed by atoms with van der Waals surface area (Å²) < 4.78 is 0. The monoisotopic (exact) mass is 321 g/mol. The van der Waals surface area contributed by atoms with Crippen LogP contribution in [-0.4, -0.2) is 23.0 Å². The van der Waals surface area contributed by atoms with Crippen molar-refractivity contribution < 1.29 is 5.11 Å². The Bertz CT molecular complexity index is 434. The fraction of sp³-hybridized carbons (Fsp3) is 0.684. The van der Waals surface area contributed by atoms with Crippen molar-refractivity contribution in [1.82, 2.24) is 0 Å². The lowest BCUT2D eigenvalue weighted by Crippen LogP contribution is -2.43. The summed E-state index contributed by atoms with van der Waals surface area (Å²) in [4.78, 5) is 0. The molecule has 124 valence electrons. The lowest BCUT2D eigenvalue weighted by molar-refractivity contribution is 0.209. The highest BCUT2D eigenvalue weighted by Crippen LogP contribution is 2.43. The van der Waals surface area contributed by atoms with E-state index in [2.05, 4.69) is 31.2 Å². The van der Waals surface area contributed by atoms with Gasteiger partial charge in [-0.05, 0) is 30.4 Å². The van der Waals surface area contributed by atoms with Gasteiger partial charge in [0.1, 0.15) is 0 Å². The van der Waals surface area contributed by atoms with E-state index in [0.29, 0.717) is 5.25 Å². The average Bonchev–Trinajstić information content (AvgIpc) is 2.94. The molecule has 1 saturated heterocycles. The molecular weight excluding hydrogens is 290 g/mol. The summed E-state index contributed by atoms with van der Waals surface area (Å²) in [7, 11) is 0. The predicted octanol–water partition coefficient (Wildman–Crippen LogP) is 4.46. The first-order valence-corrected chi connectivity index (χ1v) is 9.82. The minimum Gasteiger partial charge on any atom is -0.394 e. The van der Waals surface area contributed by atoms with E-state index in [9.17, 15) is 5.11 Å². The second-order valence-corrected chi connectivity index (χ2v) is 7.97. The largest absolute Gasteiger partial charge is 0.394 e. The molecule has 0 saturated carbocycles. The number of nitrogens with two attached hydrogens (primary N) is 1. The molecule has 0 aromatic heterocycles. The van der Waals surface area contributed by atoms with Gasteiger partial charge in [-0.25, -0.2) is 0 Å². The van der Waals surface area contributed by atoms with Gasteiger partial charge in [-0.2, -0.15) is 11.8 Å². The average molecular weight is 322 g/mol. The number of thioether (sulfide) groups is 1. The SMILES string of the molecule is CCCCCCCCc1ccc(C2CC(N)(CO)CS2)cc1. The zero-order chi connectivity index (χ0) is 15.8. The Morgan fingerprint density at radius 1 is 1.14 bits per heavy atom. The smallest absolute Gasteiger partial charge is 0.0619 e. The van der Waals surface area contributed by atoms with Crippen LogP contribution < -0.4 is 5.73 Å². The maximum Gasteiger partial charge on any atom is 0.0619 e. The standard InChI is InChI=1S/C19H31NOS/c1-2-3-4-5-6-7-8-16-9-11-17(12-10-16)18-13-19(20,14-21)15-22-18/h9-12,18,21H,2-8,13-15,20H2,1H3. The molecule has 0 aliphatic carbocycles. The Morgan fingerprint density at radius 2 is 1.82 bits per heavy atom. The van der Waals surface area contributed by atoms with Gasteiger partial charge in [-0.3, -0.25) is 0 Å². The molecule has 3 N–H and O–H groups in total. The van der Waals surface area contributed by atoms with Crippen molar-refractivity contribution in [1.29, 1.82) is 0 Å². The first-order valence-electron chi connectivity index (χ1n) is 8.77. The van der Waals surface area contributed by atoms with Gasteiger partial charge in [0.05, 0.1) is 6.61 Å². The van der Waals surface area contributed by atoms with Crippen molar-refractivity contribution in [2.24, 2.45) is 5.73 Å². The molecule has 0 amide bonds.